The average Bonchev–Trinajstić information content (AvgIpc) is 3.22. The molecular weight excluding hydrogens is 506 g/mol. The van der Waals surface area contributed by atoms with E-state index in [-0.39, 0.29) is 29.7 Å². The fraction of sp³-hybridized carbons (Fsp3) is 0.294. The summed E-state index contributed by atoms with van der Waals surface area (Å²) in [5, 5.41) is 8.29. The SMILES string of the molecule is CN=C(NCc1ccc(OCC(F)(F)F)cc1)NCc1cn2ccsc2n1.I. The molecular formula is C17H19F3IN5OS. The summed E-state index contributed by atoms with van der Waals surface area (Å²) < 4.78 is 43.1. The van der Waals surface area contributed by atoms with E-state index in [9.17, 15) is 13.2 Å². The lowest BCUT2D eigenvalue weighted by molar-refractivity contribution is -0.153. The molecule has 0 aliphatic carbocycles. The quantitative estimate of drug-likeness (QED) is 0.292. The van der Waals surface area contributed by atoms with Gasteiger partial charge >= 0.3 is 6.18 Å². The first-order chi connectivity index (χ1) is 12.9. The number of ether oxygens (including phenoxy) is 1. The third kappa shape index (κ3) is 6.55. The van der Waals surface area contributed by atoms with Crippen LogP contribution in [0.2, 0.25) is 0 Å². The average molecular weight is 525 g/mol. The second-order valence-electron chi connectivity index (χ2n) is 5.65. The van der Waals surface area contributed by atoms with Crippen LogP contribution in [-0.2, 0) is 13.1 Å². The molecule has 0 aliphatic heterocycles. The van der Waals surface area contributed by atoms with Crippen LogP contribution >= 0.6 is 35.3 Å². The van der Waals surface area contributed by atoms with Crippen molar-refractivity contribution >= 4 is 46.2 Å². The molecule has 28 heavy (non-hydrogen) atoms. The van der Waals surface area contributed by atoms with Crippen LogP contribution in [0.5, 0.6) is 5.75 Å². The first-order valence-electron chi connectivity index (χ1n) is 8.07. The van der Waals surface area contributed by atoms with Gasteiger partial charge in [0, 0.05) is 31.4 Å². The van der Waals surface area contributed by atoms with E-state index in [1.54, 1.807) is 30.5 Å². The fourth-order valence-electron chi connectivity index (χ4n) is 2.31. The maximum atomic E-state index is 12.1. The molecule has 0 fully saturated rings. The molecule has 0 unspecified atom stereocenters. The summed E-state index contributed by atoms with van der Waals surface area (Å²) in [6.45, 7) is -0.303. The zero-order valence-electron chi connectivity index (χ0n) is 14.9. The van der Waals surface area contributed by atoms with E-state index >= 15 is 0 Å². The van der Waals surface area contributed by atoms with Crippen molar-refractivity contribution in [3.8, 4) is 5.75 Å². The van der Waals surface area contributed by atoms with E-state index in [2.05, 4.69) is 25.3 Å². The van der Waals surface area contributed by atoms with Gasteiger partial charge in [0.15, 0.2) is 17.5 Å². The molecule has 0 spiro atoms. The standard InChI is InChI=1S/C17H18F3N5OS.HI/c1-21-15(23-9-13-10-25-6-7-27-16(25)24-13)22-8-12-2-4-14(5-3-12)26-11-17(18,19)20;/h2-7,10H,8-9,11H2,1H3,(H2,21,22,23);1H. The first-order valence-corrected chi connectivity index (χ1v) is 8.95. The Labute approximate surface area is 180 Å². The van der Waals surface area contributed by atoms with Gasteiger partial charge in [-0.3, -0.25) is 9.39 Å². The molecule has 0 amide bonds. The second-order valence-corrected chi connectivity index (χ2v) is 6.53. The fourth-order valence-corrected chi connectivity index (χ4v) is 3.03. The van der Waals surface area contributed by atoms with E-state index in [1.807, 2.05) is 22.2 Å². The number of thiazole rings is 1. The third-order valence-corrected chi connectivity index (χ3v) is 4.36. The highest BCUT2D eigenvalue weighted by molar-refractivity contribution is 14.0. The van der Waals surface area contributed by atoms with Gasteiger partial charge in [-0.2, -0.15) is 13.2 Å². The summed E-state index contributed by atoms with van der Waals surface area (Å²) >= 11 is 1.57. The van der Waals surface area contributed by atoms with Crippen molar-refractivity contribution in [3.63, 3.8) is 0 Å². The number of nitrogens with zero attached hydrogens (tertiary/aromatic N) is 3. The monoisotopic (exact) mass is 525 g/mol. The van der Waals surface area contributed by atoms with E-state index in [0.717, 1.165) is 16.2 Å². The predicted molar refractivity (Wildman–Crippen MR) is 114 cm³/mol. The molecule has 11 heteroatoms. The largest absolute Gasteiger partial charge is 0.484 e. The number of aliphatic imine (C=N–C) groups is 1. The highest BCUT2D eigenvalue weighted by Crippen LogP contribution is 2.18. The zero-order valence-corrected chi connectivity index (χ0v) is 18.0. The number of alkyl halides is 3. The minimum absolute atomic E-state index is 0. The summed E-state index contributed by atoms with van der Waals surface area (Å²) in [5.74, 6) is 0.780. The number of guanidine groups is 1. The van der Waals surface area contributed by atoms with Crippen LogP contribution in [0.15, 0.2) is 47.0 Å². The predicted octanol–water partition coefficient (Wildman–Crippen LogP) is 3.82. The van der Waals surface area contributed by atoms with Crippen LogP contribution in [0.1, 0.15) is 11.3 Å². The number of benzene rings is 1. The van der Waals surface area contributed by atoms with Crippen molar-refractivity contribution in [3.05, 3.63) is 53.3 Å². The maximum Gasteiger partial charge on any atom is 0.422 e. The van der Waals surface area contributed by atoms with Gasteiger partial charge in [-0.05, 0) is 17.7 Å². The van der Waals surface area contributed by atoms with Gasteiger partial charge in [-0.1, -0.05) is 12.1 Å². The van der Waals surface area contributed by atoms with Gasteiger partial charge in [-0.25, -0.2) is 4.98 Å². The molecule has 3 rings (SSSR count). The van der Waals surface area contributed by atoms with Crippen LogP contribution in [0, 0.1) is 0 Å². The Hall–Kier alpha value is -2.02. The van der Waals surface area contributed by atoms with Crippen LogP contribution in [0.25, 0.3) is 4.96 Å². The number of imidazole rings is 1. The van der Waals surface area contributed by atoms with Gasteiger partial charge in [-0.15, -0.1) is 35.3 Å². The Balaban J connectivity index is 0.00000280. The molecule has 0 saturated heterocycles. The lowest BCUT2D eigenvalue weighted by atomic mass is 10.2. The van der Waals surface area contributed by atoms with Crippen LogP contribution in [-0.4, -0.2) is 35.2 Å². The Kier molecular flexibility index (Phi) is 7.92. The van der Waals surface area contributed by atoms with E-state index in [1.165, 1.54) is 12.1 Å². The molecule has 0 bridgehead atoms. The van der Waals surface area contributed by atoms with Crippen LogP contribution in [0.4, 0.5) is 13.2 Å². The molecule has 0 aliphatic rings. The van der Waals surface area contributed by atoms with Crippen molar-refractivity contribution in [1.82, 2.24) is 20.0 Å². The molecule has 0 atom stereocenters. The van der Waals surface area contributed by atoms with Crippen LogP contribution in [0.3, 0.4) is 0 Å². The molecule has 6 nitrogen and oxygen atoms in total. The number of hydrogen-bond acceptors (Lipinski definition) is 4. The maximum absolute atomic E-state index is 12.1. The highest BCUT2D eigenvalue weighted by atomic mass is 127. The molecule has 2 heterocycles. The van der Waals surface area contributed by atoms with Gasteiger partial charge < -0.3 is 15.4 Å². The Morgan fingerprint density at radius 3 is 2.57 bits per heavy atom. The molecule has 0 radical (unpaired) electrons. The molecule has 1 aromatic carbocycles. The van der Waals surface area contributed by atoms with Crippen molar-refractivity contribution in [2.45, 2.75) is 19.3 Å². The normalized spacial score (nSPS) is 11.9. The van der Waals surface area contributed by atoms with E-state index < -0.39 is 12.8 Å². The number of hydrogen-bond donors (Lipinski definition) is 2. The highest BCUT2D eigenvalue weighted by Gasteiger charge is 2.28. The molecule has 2 N–H and O–H groups in total. The summed E-state index contributed by atoms with van der Waals surface area (Å²) in [6.07, 6.45) is -0.444. The van der Waals surface area contributed by atoms with Crippen LogP contribution < -0.4 is 15.4 Å². The molecule has 2 aromatic heterocycles. The van der Waals surface area contributed by atoms with Gasteiger partial charge in [0.2, 0.25) is 0 Å². The number of rotatable bonds is 6. The van der Waals surface area contributed by atoms with E-state index in [0.29, 0.717) is 19.0 Å². The van der Waals surface area contributed by atoms with Gasteiger partial charge in [0.05, 0.1) is 12.2 Å². The summed E-state index contributed by atoms with van der Waals surface area (Å²) in [7, 11) is 1.66. The minimum Gasteiger partial charge on any atom is -0.484 e. The second kappa shape index (κ2) is 9.96. The Morgan fingerprint density at radius 1 is 1.21 bits per heavy atom. The summed E-state index contributed by atoms with van der Waals surface area (Å²) in [5.41, 5.74) is 1.79. The summed E-state index contributed by atoms with van der Waals surface area (Å²) in [4.78, 5) is 9.56. The van der Waals surface area contributed by atoms with Crippen molar-refractivity contribution in [1.29, 1.82) is 0 Å². The number of fused-ring (bicyclic) bond motifs is 1. The van der Waals surface area contributed by atoms with Crippen molar-refractivity contribution < 1.29 is 17.9 Å². The number of aromatic nitrogens is 2. The first kappa shape index (κ1) is 22.3. The van der Waals surface area contributed by atoms with Crippen molar-refractivity contribution in [2.24, 2.45) is 4.99 Å². The molecule has 0 saturated carbocycles. The number of nitrogens with one attached hydrogen (secondary N) is 2. The molecule has 3 aromatic rings. The van der Waals surface area contributed by atoms with Crippen molar-refractivity contribution in [2.75, 3.05) is 13.7 Å². The molecule has 152 valence electrons. The van der Waals surface area contributed by atoms with E-state index in [4.69, 9.17) is 0 Å². The third-order valence-electron chi connectivity index (χ3n) is 3.59. The lowest BCUT2D eigenvalue weighted by Crippen LogP contribution is -2.36. The van der Waals surface area contributed by atoms with Gasteiger partial charge in [0.25, 0.3) is 0 Å². The number of halogens is 4. The Morgan fingerprint density at radius 2 is 1.93 bits per heavy atom. The minimum atomic E-state index is -4.34. The topological polar surface area (TPSA) is 63.0 Å². The van der Waals surface area contributed by atoms with Gasteiger partial charge in [0.1, 0.15) is 5.75 Å². The smallest absolute Gasteiger partial charge is 0.422 e. The summed E-state index contributed by atoms with van der Waals surface area (Å²) in [6, 6.07) is 6.43. The zero-order chi connectivity index (χ0) is 19.3. The lowest BCUT2D eigenvalue weighted by Gasteiger charge is -2.12. The Bertz CT molecular complexity index is 879.